The van der Waals surface area contributed by atoms with E-state index >= 15 is 0 Å². The number of rotatable bonds is 3. The summed E-state index contributed by atoms with van der Waals surface area (Å²) in [6, 6.07) is 3.57. The second-order valence-corrected chi connectivity index (χ2v) is 3.56. The standard InChI is InChI=1S/C10H16N2O2/c1-7-8(10(2,11)6-13)4-5-9(12-7)14-3/h4-5,13H,6,11H2,1-3H3/t10-/m1/s1. The van der Waals surface area contributed by atoms with E-state index in [9.17, 15) is 0 Å². The molecule has 0 fully saturated rings. The summed E-state index contributed by atoms with van der Waals surface area (Å²) in [5, 5.41) is 9.11. The maximum absolute atomic E-state index is 9.11. The third kappa shape index (κ3) is 2.02. The summed E-state index contributed by atoms with van der Waals surface area (Å²) in [4.78, 5) is 4.19. The molecule has 14 heavy (non-hydrogen) atoms. The van der Waals surface area contributed by atoms with Gasteiger partial charge in [-0.05, 0) is 25.5 Å². The highest BCUT2D eigenvalue weighted by Crippen LogP contribution is 2.21. The maximum atomic E-state index is 9.11. The van der Waals surface area contributed by atoms with Gasteiger partial charge in [-0.1, -0.05) is 0 Å². The number of hydrogen-bond acceptors (Lipinski definition) is 4. The molecule has 1 atom stereocenters. The predicted octanol–water partition coefficient (Wildman–Crippen LogP) is 0.565. The number of pyridine rings is 1. The van der Waals surface area contributed by atoms with Gasteiger partial charge in [0, 0.05) is 11.8 Å². The Morgan fingerprint density at radius 2 is 2.21 bits per heavy atom. The van der Waals surface area contributed by atoms with Gasteiger partial charge in [0.05, 0.1) is 19.3 Å². The van der Waals surface area contributed by atoms with Gasteiger partial charge >= 0.3 is 0 Å². The Bertz CT molecular complexity index is 324. The summed E-state index contributed by atoms with van der Waals surface area (Å²) < 4.78 is 4.98. The molecular weight excluding hydrogens is 180 g/mol. The Morgan fingerprint density at radius 1 is 1.57 bits per heavy atom. The van der Waals surface area contributed by atoms with E-state index in [0.717, 1.165) is 11.3 Å². The topological polar surface area (TPSA) is 68.4 Å². The molecule has 0 amide bonds. The number of nitrogens with zero attached hydrogens (tertiary/aromatic N) is 1. The molecule has 78 valence electrons. The van der Waals surface area contributed by atoms with E-state index in [-0.39, 0.29) is 6.61 Å². The van der Waals surface area contributed by atoms with Crippen LogP contribution in [0.15, 0.2) is 12.1 Å². The first-order valence-electron chi connectivity index (χ1n) is 4.43. The van der Waals surface area contributed by atoms with Crippen LogP contribution in [-0.2, 0) is 5.54 Å². The summed E-state index contributed by atoms with van der Waals surface area (Å²) in [5.74, 6) is 0.556. The monoisotopic (exact) mass is 196 g/mol. The van der Waals surface area contributed by atoms with E-state index in [1.165, 1.54) is 0 Å². The minimum Gasteiger partial charge on any atom is -0.481 e. The van der Waals surface area contributed by atoms with Crippen molar-refractivity contribution in [2.75, 3.05) is 13.7 Å². The molecule has 0 spiro atoms. The number of aliphatic hydroxyl groups excluding tert-OH is 1. The summed E-state index contributed by atoms with van der Waals surface area (Å²) in [6.45, 7) is 3.50. The fraction of sp³-hybridized carbons (Fsp3) is 0.500. The first-order valence-corrected chi connectivity index (χ1v) is 4.43. The van der Waals surface area contributed by atoms with Crippen molar-refractivity contribution in [1.29, 1.82) is 0 Å². The predicted molar refractivity (Wildman–Crippen MR) is 54.2 cm³/mol. The smallest absolute Gasteiger partial charge is 0.213 e. The van der Waals surface area contributed by atoms with E-state index in [2.05, 4.69) is 4.98 Å². The lowest BCUT2D eigenvalue weighted by Gasteiger charge is -2.23. The number of aromatic nitrogens is 1. The third-order valence-corrected chi connectivity index (χ3v) is 2.21. The molecule has 0 aliphatic heterocycles. The molecule has 0 aromatic carbocycles. The quantitative estimate of drug-likeness (QED) is 0.741. The van der Waals surface area contributed by atoms with Crippen LogP contribution in [0.5, 0.6) is 5.88 Å². The van der Waals surface area contributed by atoms with Crippen LogP contribution in [0.3, 0.4) is 0 Å². The molecule has 0 unspecified atom stereocenters. The van der Waals surface area contributed by atoms with Crippen molar-refractivity contribution in [3.8, 4) is 5.88 Å². The van der Waals surface area contributed by atoms with E-state index in [1.807, 2.05) is 13.0 Å². The highest BCUT2D eigenvalue weighted by molar-refractivity contribution is 5.30. The summed E-state index contributed by atoms with van der Waals surface area (Å²) in [6.07, 6.45) is 0. The van der Waals surface area contributed by atoms with Gasteiger partial charge in [-0.2, -0.15) is 0 Å². The highest BCUT2D eigenvalue weighted by Gasteiger charge is 2.22. The van der Waals surface area contributed by atoms with Crippen molar-refractivity contribution in [2.45, 2.75) is 19.4 Å². The van der Waals surface area contributed by atoms with Crippen molar-refractivity contribution in [3.63, 3.8) is 0 Å². The number of aryl methyl sites for hydroxylation is 1. The lowest BCUT2D eigenvalue weighted by atomic mass is 9.93. The van der Waals surface area contributed by atoms with E-state index in [0.29, 0.717) is 5.88 Å². The average Bonchev–Trinajstić information content (AvgIpc) is 2.17. The third-order valence-electron chi connectivity index (χ3n) is 2.21. The van der Waals surface area contributed by atoms with Gasteiger partial charge in [-0.3, -0.25) is 0 Å². The van der Waals surface area contributed by atoms with Crippen LogP contribution >= 0.6 is 0 Å². The van der Waals surface area contributed by atoms with E-state index in [4.69, 9.17) is 15.6 Å². The zero-order valence-electron chi connectivity index (χ0n) is 8.74. The maximum Gasteiger partial charge on any atom is 0.213 e. The van der Waals surface area contributed by atoms with Gasteiger partial charge in [0.15, 0.2) is 0 Å². The van der Waals surface area contributed by atoms with Crippen molar-refractivity contribution in [3.05, 3.63) is 23.4 Å². The molecule has 0 radical (unpaired) electrons. The molecule has 4 heteroatoms. The molecule has 1 aromatic heterocycles. The second kappa shape index (κ2) is 3.94. The summed E-state index contributed by atoms with van der Waals surface area (Å²) in [5.41, 5.74) is 6.77. The molecule has 0 saturated carbocycles. The number of methoxy groups -OCH3 is 1. The molecule has 3 N–H and O–H groups in total. The normalized spacial score (nSPS) is 14.9. The fourth-order valence-electron chi connectivity index (χ4n) is 1.34. The fourth-order valence-corrected chi connectivity index (χ4v) is 1.34. The average molecular weight is 196 g/mol. The van der Waals surface area contributed by atoms with Crippen molar-refractivity contribution in [1.82, 2.24) is 4.98 Å². The first kappa shape index (κ1) is 10.9. The SMILES string of the molecule is COc1ccc([C@](C)(N)CO)c(C)n1. The Morgan fingerprint density at radius 3 is 2.64 bits per heavy atom. The minimum absolute atomic E-state index is 0.109. The van der Waals surface area contributed by atoms with Crippen LogP contribution in [0.2, 0.25) is 0 Å². The Labute approximate surface area is 83.7 Å². The van der Waals surface area contributed by atoms with Crippen LogP contribution in [0.25, 0.3) is 0 Å². The number of nitrogens with two attached hydrogens (primary N) is 1. The molecule has 0 bridgehead atoms. The molecule has 0 aliphatic rings. The molecule has 1 rings (SSSR count). The minimum atomic E-state index is -0.747. The number of hydrogen-bond donors (Lipinski definition) is 2. The molecule has 4 nitrogen and oxygen atoms in total. The van der Waals surface area contributed by atoms with Crippen molar-refractivity contribution < 1.29 is 9.84 Å². The molecular formula is C10H16N2O2. The Balaban J connectivity index is 3.12. The number of ether oxygens (including phenoxy) is 1. The van der Waals surface area contributed by atoms with E-state index < -0.39 is 5.54 Å². The van der Waals surface area contributed by atoms with Gasteiger partial charge in [-0.25, -0.2) is 4.98 Å². The Hall–Kier alpha value is -1.13. The highest BCUT2D eigenvalue weighted by atomic mass is 16.5. The van der Waals surface area contributed by atoms with Gasteiger partial charge in [0.2, 0.25) is 5.88 Å². The second-order valence-electron chi connectivity index (χ2n) is 3.56. The van der Waals surface area contributed by atoms with Crippen molar-refractivity contribution >= 4 is 0 Å². The zero-order chi connectivity index (χ0) is 10.8. The largest absolute Gasteiger partial charge is 0.481 e. The van der Waals surface area contributed by atoms with Gasteiger partial charge < -0.3 is 15.6 Å². The molecule has 0 aliphatic carbocycles. The summed E-state index contributed by atoms with van der Waals surface area (Å²) in [7, 11) is 1.56. The number of aliphatic hydroxyl groups is 1. The van der Waals surface area contributed by atoms with Crippen LogP contribution in [0, 0.1) is 6.92 Å². The zero-order valence-corrected chi connectivity index (χ0v) is 8.74. The van der Waals surface area contributed by atoms with Crippen LogP contribution in [0.1, 0.15) is 18.2 Å². The van der Waals surface area contributed by atoms with Crippen LogP contribution < -0.4 is 10.5 Å². The molecule has 1 aromatic rings. The lowest BCUT2D eigenvalue weighted by molar-refractivity contribution is 0.209. The lowest BCUT2D eigenvalue weighted by Crippen LogP contribution is -2.37. The van der Waals surface area contributed by atoms with Crippen molar-refractivity contribution in [2.24, 2.45) is 5.73 Å². The molecule has 0 saturated heterocycles. The van der Waals surface area contributed by atoms with Gasteiger partial charge in [0.1, 0.15) is 0 Å². The van der Waals surface area contributed by atoms with Gasteiger partial charge in [0.25, 0.3) is 0 Å². The van der Waals surface area contributed by atoms with Crippen LogP contribution in [0.4, 0.5) is 0 Å². The molecule has 1 heterocycles. The van der Waals surface area contributed by atoms with Crippen LogP contribution in [-0.4, -0.2) is 23.8 Å². The summed E-state index contributed by atoms with van der Waals surface area (Å²) >= 11 is 0. The first-order chi connectivity index (χ1) is 6.51. The van der Waals surface area contributed by atoms with Gasteiger partial charge in [-0.15, -0.1) is 0 Å². The Kier molecular flexibility index (Phi) is 3.08. The van der Waals surface area contributed by atoms with E-state index in [1.54, 1.807) is 20.1 Å².